The van der Waals surface area contributed by atoms with Crippen molar-refractivity contribution < 1.29 is 31.1 Å². The number of hydrogen-bond acceptors (Lipinski definition) is 6. The normalized spacial score (nSPS) is 21.0. The van der Waals surface area contributed by atoms with E-state index in [0.29, 0.717) is 50.5 Å². The molecule has 224 valence electrons. The molecule has 0 atom stereocenters. The van der Waals surface area contributed by atoms with Gasteiger partial charge in [0.2, 0.25) is 0 Å². The Morgan fingerprint density at radius 1 is 1.02 bits per heavy atom. The summed E-state index contributed by atoms with van der Waals surface area (Å²) in [6, 6.07) is 10.1. The largest absolute Gasteiger partial charge is 0.416 e. The topological polar surface area (TPSA) is 62.3 Å². The van der Waals surface area contributed by atoms with Gasteiger partial charge in [0.15, 0.2) is 0 Å². The summed E-state index contributed by atoms with van der Waals surface area (Å²) in [5.74, 6) is 0. The van der Waals surface area contributed by atoms with E-state index in [1.54, 1.807) is 0 Å². The average molecular weight is 594 g/mol. The molecule has 0 spiro atoms. The number of likely N-dealkylation sites (N-methyl/N-ethyl adjacent to an activating group) is 1. The van der Waals surface area contributed by atoms with Crippen molar-refractivity contribution in [2.75, 3.05) is 55.6 Å². The van der Waals surface area contributed by atoms with Crippen LogP contribution in [0.1, 0.15) is 45.2 Å². The maximum atomic E-state index is 13.9. The second-order valence-corrected chi connectivity index (χ2v) is 14.1. The molecule has 7 nitrogen and oxygen atoms in total. The predicted octanol–water partition coefficient (Wildman–Crippen LogP) is 5.41. The van der Waals surface area contributed by atoms with E-state index in [9.17, 15) is 21.6 Å². The number of halogens is 3. The predicted molar refractivity (Wildman–Crippen MR) is 154 cm³/mol. The second kappa shape index (κ2) is 10.6. The summed E-state index contributed by atoms with van der Waals surface area (Å²) in [6.45, 7) is 11.4. The molecule has 3 heterocycles. The lowest BCUT2D eigenvalue weighted by Crippen LogP contribution is -2.51. The van der Waals surface area contributed by atoms with Crippen LogP contribution < -0.4 is 9.21 Å². The van der Waals surface area contributed by atoms with Crippen LogP contribution in [-0.2, 0) is 25.7 Å². The molecule has 0 aliphatic carbocycles. The van der Waals surface area contributed by atoms with Crippen molar-refractivity contribution in [3.05, 3.63) is 59.7 Å². The number of sulfonamides is 1. The first kappa shape index (κ1) is 29.9. The highest BCUT2D eigenvalue weighted by Gasteiger charge is 2.38. The quantitative estimate of drug-likeness (QED) is 0.428. The van der Waals surface area contributed by atoms with E-state index in [0.717, 1.165) is 35.5 Å². The summed E-state index contributed by atoms with van der Waals surface area (Å²) in [5, 5.41) is 0. The molecule has 11 heteroatoms. The summed E-state index contributed by atoms with van der Waals surface area (Å²) in [7, 11) is -2.23. The third-order valence-electron chi connectivity index (χ3n) is 7.92. The molecule has 0 N–H and O–H groups in total. The molecule has 0 bridgehead atoms. The second-order valence-electron chi connectivity index (χ2n) is 12.3. The number of benzene rings is 2. The van der Waals surface area contributed by atoms with Crippen LogP contribution in [0.5, 0.6) is 0 Å². The van der Waals surface area contributed by atoms with Crippen LogP contribution in [-0.4, -0.2) is 77.0 Å². The Kier molecular flexibility index (Phi) is 7.72. The Hall–Kier alpha value is -2.60. The highest BCUT2D eigenvalue weighted by Crippen LogP contribution is 2.43. The lowest BCUT2D eigenvalue weighted by Gasteiger charge is -2.42. The minimum absolute atomic E-state index is 0.116. The minimum atomic E-state index is -4.65. The summed E-state index contributed by atoms with van der Waals surface area (Å²) in [5.41, 5.74) is 1.17. The molecule has 3 aliphatic heterocycles. The Morgan fingerprint density at radius 2 is 1.76 bits per heavy atom. The molecule has 41 heavy (non-hydrogen) atoms. The number of nitrogens with zero attached hydrogens (tertiary/aromatic N) is 3. The van der Waals surface area contributed by atoms with Gasteiger partial charge in [-0.25, -0.2) is 8.42 Å². The van der Waals surface area contributed by atoms with Crippen LogP contribution in [0.25, 0.3) is 5.57 Å². The minimum Gasteiger partial charge on any atom is -0.378 e. The summed E-state index contributed by atoms with van der Waals surface area (Å²) in [6.07, 6.45) is -1.96. The fraction of sp³-hybridized carbons (Fsp3) is 0.533. The van der Waals surface area contributed by atoms with Crippen molar-refractivity contribution in [3.8, 4) is 0 Å². The Morgan fingerprint density at radius 3 is 2.39 bits per heavy atom. The van der Waals surface area contributed by atoms with Crippen molar-refractivity contribution in [2.24, 2.45) is 0 Å². The van der Waals surface area contributed by atoms with Crippen molar-refractivity contribution in [2.45, 2.75) is 62.4 Å². The molecular weight excluding hydrogens is 555 g/mol. The lowest BCUT2D eigenvalue weighted by molar-refractivity contribution is -0.137. The third kappa shape index (κ3) is 6.28. The molecule has 0 saturated carbocycles. The van der Waals surface area contributed by atoms with E-state index in [-0.39, 0.29) is 11.4 Å². The number of anilines is 2. The van der Waals surface area contributed by atoms with E-state index in [4.69, 9.17) is 9.47 Å². The van der Waals surface area contributed by atoms with Crippen LogP contribution in [0.3, 0.4) is 0 Å². The summed E-state index contributed by atoms with van der Waals surface area (Å²) >= 11 is 0. The highest BCUT2D eigenvalue weighted by molar-refractivity contribution is 7.92. The molecule has 0 amide bonds. The Balaban J connectivity index is 1.54. The first-order valence-electron chi connectivity index (χ1n) is 13.9. The van der Waals surface area contributed by atoms with E-state index < -0.39 is 33.0 Å². The monoisotopic (exact) mass is 593 g/mol. The standard InChI is InChI=1S/C30H38F3N3O4S/c1-28(2)17-22(18-29(3,4)40-28)21-9-10-26-27(15-21)36(14-13-35(26)12-11-34(5)24-19-39-20-24)41(37,38)25-8-6-7-23(16-25)30(31,32)33/h6-10,15-17,24H,11-14,18-20H2,1-5H3. The smallest absolute Gasteiger partial charge is 0.378 e. The van der Waals surface area contributed by atoms with Crippen LogP contribution >= 0.6 is 0 Å². The van der Waals surface area contributed by atoms with Gasteiger partial charge in [-0.1, -0.05) is 12.1 Å². The van der Waals surface area contributed by atoms with Gasteiger partial charge in [-0.3, -0.25) is 9.21 Å². The zero-order valence-electron chi connectivity index (χ0n) is 24.2. The van der Waals surface area contributed by atoms with E-state index in [1.807, 2.05) is 52.9 Å². The molecule has 0 aromatic heterocycles. The molecule has 0 unspecified atom stereocenters. The fourth-order valence-corrected chi connectivity index (χ4v) is 7.42. The highest BCUT2D eigenvalue weighted by atomic mass is 32.2. The number of hydrogen-bond donors (Lipinski definition) is 0. The van der Waals surface area contributed by atoms with E-state index in [1.165, 1.54) is 10.4 Å². The summed E-state index contributed by atoms with van der Waals surface area (Å²) in [4.78, 5) is 4.01. The fourth-order valence-electron chi connectivity index (χ4n) is 5.92. The average Bonchev–Trinajstić information content (AvgIpc) is 2.83. The molecule has 1 fully saturated rings. The van der Waals surface area contributed by atoms with Gasteiger partial charge in [0.05, 0.1) is 58.8 Å². The zero-order chi connectivity index (χ0) is 29.8. The van der Waals surface area contributed by atoms with E-state index >= 15 is 0 Å². The van der Waals surface area contributed by atoms with Crippen LogP contribution in [0.2, 0.25) is 0 Å². The Bertz CT molecular complexity index is 1430. The van der Waals surface area contributed by atoms with Gasteiger partial charge in [0, 0.05) is 26.1 Å². The van der Waals surface area contributed by atoms with Crippen LogP contribution in [0.4, 0.5) is 24.5 Å². The van der Waals surface area contributed by atoms with Crippen LogP contribution in [0, 0.1) is 0 Å². The molecular formula is C30H38F3N3O4S. The maximum Gasteiger partial charge on any atom is 0.416 e. The van der Waals surface area contributed by atoms with Gasteiger partial charge in [0.1, 0.15) is 0 Å². The van der Waals surface area contributed by atoms with Crippen molar-refractivity contribution in [1.29, 1.82) is 0 Å². The first-order valence-corrected chi connectivity index (χ1v) is 15.3. The number of rotatable bonds is 7. The van der Waals surface area contributed by atoms with Gasteiger partial charge < -0.3 is 14.4 Å². The zero-order valence-corrected chi connectivity index (χ0v) is 25.0. The van der Waals surface area contributed by atoms with Crippen molar-refractivity contribution in [1.82, 2.24) is 4.90 Å². The van der Waals surface area contributed by atoms with Gasteiger partial charge in [-0.05, 0) is 82.3 Å². The molecule has 2 aromatic rings. The van der Waals surface area contributed by atoms with E-state index in [2.05, 4.69) is 15.9 Å². The maximum absolute atomic E-state index is 13.9. The van der Waals surface area contributed by atoms with Gasteiger partial charge in [-0.2, -0.15) is 13.2 Å². The lowest BCUT2D eigenvalue weighted by atomic mass is 9.85. The first-order chi connectivity index (χ1) is 19.1. The van der Waals surface area contributed by atoms with Crippen molar-refractivity contribution >= 4 is 27.0 Å². The van der Waals surface area contributed by atoms with Gasteiger partial charge in [-0.15, -0.1) is 0 Å². The van der Waals surface area contributed by atoms with Crippen molar-refractivity contribution in [3.63, 3.8) is 0 Å². The Labute approximate surface area is 240 Å². The van der Waals surface area contributed by atoms with Crippen LogP contribution in [0.15, 0.2) is 53.4 Å². The molecule has 1 saturated heterocycles. The van der Waals surface area contributed by atoms with Gasteiger partial charge in [0.25, 0.3) is 10.0 Å². The molecule has 2 aromatic carbocycles. The summed E-state index contributed by atoms with van der Waals surface area (Å²) < 4.78 is 81.0. The van der Waals surface area contributed by atoms with Gasteiger partial charge >= 0.3 is 6.18 Å². The molecule has 0 radical (unpaired) electrons. The molecule has 5 rings (SSSR count). The number of alkyl halides is 3. The number of ether oxygens (including phenoxy) is 2. The number of fused-ring (bicyclic) bond motifs is 1. The SMILES string of the molecule is CN(CCN1CCN(S(=O)(=O)c2cccc(C(F)(F)F)c2)c2cc(C3=CC(C)(C)OC(C)(C)C3)ccc21)C1COC1. The molecule has 3 aliphatic rings. The third-order valence-corrected chi connectivity index (χ3v) is 9.73.